The highest BCUT2D eigenvalue weighted by atomic mass is 16.7. The third kappa shape index (κ3) is 6.91. The highest BCUT2D eigenvalue weighted by Crippen LogP contribution is 2.54. The zero-order valence-electron chi connectivity index (χ0n) is 30.0. The summed E-state index contributed by atoms with van der Waals surface area (Å²) in [6.45, 7) is 17.8. The molecular weight excluding hydrogens is 608 g/mol. The minimum absolute atomic E-state index is 0.167. The van der Waals surface area contributed by atoms with Crippen molar-refractivity contribution in [2.45, 2.75) is 173 Å². The first-order valence-corrected chi connectivity index (χ1v) is 18.2. The summed E-state index contributed by atoms with van der Waals surface area (Å²) in [4.78, 5) is 11.9. The number of carboxylic acid groups (broad SMARTS) is 1. The number of rotatable bonds is 10. The van der Waals surface area contributed by atoms with Gasteiger partial charge in [0.05, 0.1) is 66.5 Å². The summed E-state index contributed by atoms with van der Waals surface area (Å²) < 4.78 is 39.5. The Kier molecular flexibility index (Phi) is 10.9. The highest BCUT2D eigenvalue weighted by Gasteiger charge is 2.61. The molecule has 0 unspecified atom stereocenters. The Morgan fingerprint density at radius 3 is 2.32 bits per heavy atom. The van der Waals surface area contributed by atoms with Crippen molar-refractivity contribution in [2.24, 2.45) is 35.5 Å². The Hall–Kier alpha value is -0.890. The van der Waals surface area contributed by atoms with Gasteiger partial charge in [0.15, 0.2) is 11.6 Å². The van der Waals surface area contributed by atoms with Crippen LogP contribution >= 0.6 is 0 Å². The van der Waals surface area contributed by atoms with Crippen molar-refractivity contribution in [3.05, 3.63) is 0 Å². The van der Waals surface area contributed by atoms with Crippen LogP contribution in [-0.2, 0) is 33.2 Å². The van der Waals surface area contributed by atoms with E-state index in [-0.39, 0.29) is 54.0 Å². The first kappa shape index (κ1) is 37.4. The molecular formula is C36H62O11. The van der Waals surface area contributed by atoms with Gasteiger partial charge >= 0.3 is 5.97 Å². The fourth-order valence-electron chi connectivity index (χ4n) is 9.71. The van der Waals surface area contributed by atoms with Gasteiger partial charge in [-0.05, 0) is 71.6 Å². The summed E-state index contributed by atoms with van der Waals surface area (Å²) in [7, 11) is 0. The predicted octanol–water partition coefficient (Wildman–Crippen LogP) is 4.27. The van der Waals surface area contributed by atoms with Crippen molar-refractivity contribution in [1.82, 2.24) is 0 Å². The molecule has 47 heavy (non-hydrogen) atoms. The summed E-state index contributed by atoms with van der Waals surface area (Å²) in [5.74, 6) is -4.51. The number of hydrogen-bond acceptors (Lipinski definition) is 10. The molecule has 0 aromatic rings. The molecule has 4 N–H and O–H groups in total. The summed E-state index contributed by atoms with van der Waals surface area (Å²) in [6.07, 6.45) is 2.17. The molecule has 5 rings (SSSR count). The van der Waals surface area contributed by atoms with Gasteiger partial charge in [-0.2, -0.15) is 0 Å². The van der Waals surface area contributed by atoms with Gasteiger partial charge in [0.25, 0.3) is 0 Å². The number of ether oxygens (including phenoxy) is 6. The second-order valence-corrected chi connectivity index (χ2v) is 16.4. The quantitative estimate of drug-likeness (QED) is 0.264. The second-order valence-electron chi connectivity index (χ2n) is 16.4. The first-order valence-electron chi connectivity index (χ1n) is 18.2. The van der Waals surface area contributed by atoms with E-state index in [4.69, 9.17) is 28.4 Å². The van der Waals surface area contributed by atoms with E-state index in [1.807, 2.05) is 27.7 Å². The van der Waals surface area contributed by atoms with E-state index in [0.717, 1.165) is 25.7 Å². The molecule has 11 heteroatoms. The molecule has 0 aliphatic carbocycles. The lowest BCUT2D eigenvalue weighted by Crippen LogP contribution is -2.57. The summed E-state index contributed by atoms with van der Waals surface area (Å²) in [5.41, 5.74) is -1.19. The van der Waals surface area contributed by atoms with Gasteiger partial charge in [-0.3, -0.25) is 4.79 Å². The zero-order chi connectivity index (χ0) is 34.7. The first-order chi connectivity index (χ1) is 21.9. The zero-order valence-corrected chi connectivity index (χ0v) is 30.0. The third-order valence-electron chi connectivity index (χ3n) is 12.7. The predicted molar refractivity (Wildman–Crippen MR) is 172 cm³/mol. The van der Waals surface area contributed by atoms with Crippen LogP contribution in [0.5, 0.6) is 0 Å². The van der Waals surface area contributed by atoms with Gasteiger partial charge in [0.2, 0.25) is 0 Å². The van der Waals surface area contributed by atoms with Gasteiger partial charge in [0, 0.05) is 37.2 Å². The molecule has 5 aliphatic heterocycles. The lowest BCUT2D eigenvalue weighted by molar-refractivity contribution is -0.336. The highest BCUT2D eigenvalue weighted by molar-refractivity contribution is 5.70. The largest absolute Gasteiger partial charge is 0.481 e. The van der Waals surface area contributed by atoms with E-state index < -0.39 is 59.6 Å². The number of hydrogen-bond donors (Lipinski definition) is 4. The van der Waals surface area contributed by atoms with Gasteiger partial charge in [0.1, 0.15) is 0 Å². The maximum atomic E-state index is 11.9. The minimum Gasteiger partial charge on any atom is -0.481 e. The Morgan fingerprint density at radius 1 is 0.979 bits per heavy atom. The van der Waals surface area contributed by atoms with Crippen molar-refractivity contribution >= 4 is 5.97 Å². The second kappa shape index (κ2) is 13.7. The van der Waals surface area contributed by atoms with Crippen LogP contribution in [0.15, 0.2) is 0 Å². The fourth-order valence-corrected chi connectivity index (χ4v) is 9.71. The Bertz CT molecular complexity index is 1110. The van der Waals surface area contributed by atoms with E-state index in [0.29, 0.717) is 25.9 Å². The average Bonchev–Trinajstić information content (AvgIpc) is 3.71. The molecule has 0 radical (unpaired) electrons. The molecule has 0 saturated carbocycles. The Morgan fingerprint density at radius 2 is 1.68 bits per heavy atom. The van der Waals surface area contributed by atoms with Crippen LogP contribution in [-0.4, -0.2) is 105 Å². The number of aliphatic hydroxyl groups excluding tert-OH is 2. The van der Waals surface area contributed by atoms with Gasteiger partial charge < -0.3 is 48.8 Å². The molecule has 0 bridgehead atoms. The van der Waals surface area contributed by atoms with Crippen LogP contribution in [0.1, 0.15) is 107 Å². The van der Waals surface area contributed by atoms with E-state index in [1.165, 1.54) is 0 Å². The minimum atomic E-state index is -1.56. The molecule has 0 aromatic carbocycles. The van der Waals surface area contributed by atoms with Crippen LogP contribution in [0.25, 0.3) is 0 Å². The summed E-state index contributed by atoms with van der Waals surface area (Å²) in [5, 5.41) is 41.9. The topological polar surface area (TPSA) is 153 Å². The number of carboxylic acids is 1. The molecule has 5 fully saturated rings. The molecule has 17 atom stereocenters. The van der Waals surface area contributed by atoms with Crippen LogP contribution in [0, 0.1) is 35.5 Å². The maximum absolute atomic E-state index is 11.9. The summed E-state index contributed by atoms with van der Waals surface area (Å²) >= 11 is 0. The van der Waals surface area contributed by atoms with Crippen LogP contribution < -0.4 is 0 Å². The lowest BCUT2D eigenvalue weighted by atomic mass is 9.78. The SMILES string of the molecule is CCO[C@H]([C@H](C)[C@H]1O[C@@]2(CC[C@@](C)([C@H]3CC[C@@](C)([C@@H]4O[C@@H]([C@H]5O[C@@](O)(CO)[C@H](C)C[C@@H]5C)C[C@@H]4C)O3)O2)C[C@H](O)[C@H]1C)[C@H](C)C(=O)O. The normalized spacial score (nSPS) is 50.9. The van der Waals surface area contributed by atoms with Gasteiger partial charge in [-0.1, -0.05) is 34.6 Å². The average molecular weight is 671 g/mol. The third-order valence-corrected chi connectivity index (χ3v) is 12.7. The van der Waals surface area contributed by atoms with Crippen molar-refractivity contribution in [2.75, 3.05) is 13.2 Å². The number of aliphatic carboxylic acids is 1. The molecule has 0 amide bonds. The van der Waals surface area contributed by atoms with Crippen molar-refractivity contribution in [3.8, 4) is 0 Å². The van der Waals surface area contributed by atoms with Crippen LogP contribution in [0.2, 0.25) is 0 Å². The van der Waals surface area contributed by atoms with Gasteiger partial charge in [-0.25, -0.2) is 0 Å². The molecule has 0 aromatic heterocycles. The van der Waals surface area contributed by atoms with E-state index in [2.05, 4.69) is 27.7 Å². The Balaban J connectivity index is 1.26. The maximum Gasteiger partial charge on any atom is 0.308 e. The summed E-state index contributed by atoms with van der Waals surface area (Å²) in [6, 6.07) is 0. The van der Waals surface area contributed by atoms with E-state index >= 15 is 0 Å². The number of aliphatic hydroxyl groups is 3. The van der Waals surface area contributed by atoms with Crippen molar-refractivity contribution in [1.29, 1.82) is 0 Å². The monoisotopic (exact) mass is 670 g/mol. The molecule has 272 valence electrons. The lowest BCUT2D eigenvalue weighted by Gasteiger charge is -2.49. The van der Waals surface area contributed by atoms with E-state index in [1.54, 1.807) is 6.92 Å². The Labute approximate surface area is 281 Å². The molecule has 1 spiro atoms. The van der Waals surface area contributed by atoms with Crippen LogP contribution in [0.3, 0.4) is 0 Å². The molecule has 5 saturated heterocycles. The standard InChI is InChI=1S/C36H62O11/c1-10-42-29(24(7)32(39)40)23(6)30-22(5)25(38)17-35(45-30)14-13-33(8,47-35)27-11-12-34(9,44-27)31-20(3)16-26(43-31)28-19(2)15-21(4)36(41,18-37)46-28/h19-31,37-38,41H,10-18H2,1-9H3,(H,39,40)/t19-,20-,21+,22+,23-,24-,25-,26+,27+,28-,29+,30-,31+,33-,34-,35+,36-/m0/s1. The molecule has 5 heterocycles. The van der Waals surface area contributed by atoms with E-state index in [9.17, 15) is 25.2 Å². The van der Waals surface area contributed by atoms with Crippen LogP contribution in [0.4, 0.5) is 0 Å². The van der Waals surface area contributed by atoms with Gasteiger partial charge in [-0.15, -0.1) is 0 Å². The van der Waals surface area contributed by atoms with Crippen molar-refractivity contribution in [3.63, 3.8) is 0 Å². The fraction of sp³-hybridized carbons (Fsp3) is 0.972. The van der Waals surface area contributed by atoms with Crippen molar-refractivity contribution < 1.29 is 53.6 Å². The molecule has 5 aliphatic rings. The molecule has 11 nitrogen and oxygen atoms in total. The smallest absolute Gasteiger partial charge is 0.308 e. The number of carbonyl (C=O) groups is 1.